The van der Waals surface area contributed by atoms with Gasteiger partial charge in [-0.2, -0.15) is 0 Å². The monoisotopic (exact) mass is 1200 g/mol. The van der Waals surface area contributed by atoms with E-state index in [9.17, 15) is 0 Å². The molecule has 7 saturated heterocycles. The van der Waals surface area contributed by atoms with Crippen molar-refractivity contribution in [1.82, 2.24) is 34.3 Å². The SMILES string of the molecule is CC(C)C1CCCCCN1C(C)C.CC(C)C1CCCCCN1C(C)C.CC(C)C1CCCCN1C(C)C.CC(C)C1CCCCN1C(C)C.CC(C)C1CCCCN1C(C)C.CC(C)C1CCCCN1C(C)C.CC(C)C1CCCN1C(C)C. The maximum absolute atomic E-state index is 2.71. The summed E-state index contributed by atoms with van der Waals surface area (Å²) in [5.41, 5.74) is 0. The Hall–Kier alpha value is -0.280. The van der Waals surface area contributed by atoms with E-state index in [2.05, 4.69) is 228 Å². The van der Waals surface area contributed by atoms with Gasteiger partial charge in [-0.05, 0) is 274 Å². The van der Waals surface area contributed by atoms with Gasteiger partial charge in [-0.3, -0.25) is 34.3 Å². The van der Waals surface area contributed by atoms with Crippen molar-refractivity contribution in [2.24, 2.45) is 41.4 Å². The standard InChI is InChI=1S/2C12H25N.4C11H23N.C10H21N/c2*1-10(2)12-8-6-5-7-9-13(12)11(3)4;4*1-9(2)11-7-5-6-8-12(11)10(3)4;1-8(2)10-6-5-7-11(10)9(3)4/h2*10-12H,5-9H2,1-4H3;4*9-11H,5-8H2,1-4H3;8-10H,5-7H2,1-4H3. The van der Waals surface area contributed by atoms with E-state index in [4.69, 9.17) is 0 Å². The molecule has 7 fully saturated rings. The Labute approximate surface area is 538 Å². The quantitative estimate of drug-likeness (QED) is 0.171. The zero-order valence-corrected chi connectivity index (χ0v) is 63.8. The summed E-state index contributed by atoms with van der Waals surface area (Å²) in [5, 5.41) is 0. The van der Waals surface area contributed by atoms with Crippen LogP contribution in [0, 0.1) is 41.4 Å². The predicted octanol–water partition coefficient (Wildman–Crippen LogP) is 20.7. The van der Waals surface area contributed by atoms with E-state index in [1.807, 2.05) is 0 Å². The Morgan fingerprint density at radius 2 is 0.271 bits per heavy atom. The molecule has 0 spiro atoms. The van der Waals surface area contributed by atoms with Gasteiger partial charge in [-0.1, -0.05) is 148 Å². The van der Waals surface area contributed by atoms with Crippen LogP contribution in [0.1, 0.15) is 335 Å². The zero-order chi connectivity index (χ0) is 64.7. The molecule has 85 heavy (non-hydrogen) atoms. The highest BCUT2D eigenvalue weighted by Crippen LogP contribution is 2.30. The highest BCUT2D eigenvalue weighted by molar-refractivity contribution is 4.87. The number of hydrogen-bond donors (Lipinski definition) is 0. The van der Waals surface area contributed by atoms with Crippen LogP contribution in [0.2, 0.25) is 0 Å². The van der Waals surface area contributed by atoms with Crippen molar-refractivity contribution in [2.75, 3.05) is 45.8 Å². The van der Waals surface area contributed by atoms with Crippen LogP contribution in [-0.2, 0) is 0 Å². The zero-order valence-electron chi connectivity index (χ0n) is 63.8. The molecule has 0 bridgehead atoms. The molecule has 0 aromatic carbocycles. The van der Waals surface area contributed by atoms with Crippen LogP contribution >= 0.6 is 0 Å². The van der Waals surface area contributed by atoms with Crippen molar-refractivity contribution in [3.8, 4) is 0 Å². The Morgan fingerprint density at radius 3 is 0.412 bits per heavy atom. The third-order valence-electron chi connectivity index (χ3n) is 21.4. The van der Waals surface area contributed by atoms with E-state index in [1.54, 1.807) is 0 Å². The summed E-state index contributed by atoms with van der Waals surface area (Å²) in [5.74, 6) is 5.78. The smallest absolute Gasteiger partial charge is 0.0121 e. The molecule has 7 aliphatic heterocycles. The maximum atomic E-state index is 2.71. The molecule has 7 atom stereocenters. The molecule has 0 amide bonds. The van der Waals surface area contributed by atoms with Crippen LogP contribution in [0.5, 0.6) is 0 Å². The second-order valence-corrected chi connectivity index (χ2v) is 32.8. The average molecular weight is 1200 g/mol. The lowest BCUT2D eigenvalue weighted by Gasteiger charge is -2.40. The van der Waals surface area contributed by atoms with Crippen LogP contribution in [0.4, 0.5) is 0 Å². The third kappa shape index (κ3) is 31.3. The Kier molecular flexibility index (Phi) is 43.9. The molecule has 7 nitrogen and oxygen atoms in total. The summed E-state index contributed by atoms with van der Waals surface area (Å²) in [6.07, 6.45) is 31.2. The number of nitrogens with zero attached hydrogens (tertiary/aromatic N) is 7. The number of hydrogen-bond acceptors (Lipinski definition) is 7. The van der Waals surface area contributed by atoms with Crippen molar-refractivity contribution in [1.29, 1.82) is 0 Å². The third-order valence-corrected chi connectivity index (χ3v) is 21.4. The lowest BCUT2D eigenvalue weighted by atomic mass is 9.92. The van der Waals surface area contributed by atoms with E-state index in [0.29, 0.717) is 0 Å². The summed E-state index contributed by atoms with van der Waals surface area (Å²) in [7, 11) is 0. The molecule has 7 aliphatic rings. The van der Waals surface area contributed by atoms with Gasteiger partial charge in [0, 0.05) is 84.6 Å². The lowest BCUT2D eigenvalue weighted by molar-refractivity contribution is 0.0807. The molecule has 7 rings (SSSR count). The normalized spacial score (nSPS) is 27.0. The second kappa shape index (κ2) is 45.1. The van der Waals surface area contributed by atoms with Gasteiger partial charge in [-0.15, -0.1) is 0 Å². The fourth-order valence-electron chi connectivity index (χ4n) is 16.5. The fraction of sp³-hybridized carbons (Fsp3) is 1.00. The van der Waals surface area contributed by atoms with Gasteiger partial charge in [0.2, 0.25) is 0 Å². The van der Waals surface area contributed by atoms with Gasteiger partial charge in [0.25, 0.3) is 0 Å². The van der Waals surface area contributed by atoms with Gasteiger partial charge >= 0.3 is 0 Å². The van der Waals surface area contributed by atoms with Crippen LogP contribution in [0.25, 0.3) is 0 Å². The van der Waals surface area contributed by atoms with Crippen LogP contribution < -0.4 is 0 Å². The summed E-state index contributed by atoms with van der Waals surface area (Å²) in [6, 6.07) is 11.0. The number of rotatable bonds is 14. The molecule has 0 aromatic heterocycles. The molecule has 0 N–H and O–H groups in total. The topological polar surface area (TPSA) is 22.7 Å². The molecular weight excluding hydrogens is 1030 g/mol. The summed E-state index contributed by atoms with van der Waals surface area (Å²) in [4.78, 5) is 18.8. The minimum Gasteiger partial charge on any atom is -0.298 e. The van der Waals surface area contributed by atoms with Gasteiger partial charge < -0.3 is 0 Å². The molecule has 0 saturated carbocycles. The van der Waals surface area contributed by atoms with Gasteiger partial charge in [0.05, 0.1) is 0 Å². The van der Waals surface area contributed by atoms with E-state index in [-0.39, 0.29) is 0 Å². The van der Waals surface area contributed by atoms with E-state index in [1.165, 1.54) is 187 Å². The van der Waals surface area contributed by atoms with Crippen LogP contribution in [0.3, 0.4) is 0 Å². The first-order valence-electron chi connectivity index (χ1n) is 38.2. The van der Waals surface area contributed by atoms with E-state index >= 15 is 0 Å². The van der Waals surface area contributed by atoms with Crippen LogP contribution in [-0.4, -0.2) is 165 Å². The van der Waals surface area contributed by atoms with Crippen molar-refractivity contribution >= 4 is 0 Å². The minimum atomic E-state index is 0.727. The second-order valence-electron chi connectivity index (χ2n) is 32.8. The summed E-state index contributed by atoms with van der Waals surface area (Å²) in [6.45, 7) is 74.7. The highest BCUT2D eigenvalue weighted by atomic mass is 15.2. The molecule has 0 aliphatic carbocycles. The first-order chi connectivity index (χ1) is 39.9. The number of likely N-dealkylation sites (tertiary alicyclic amines) is 7. The first-order valence-corrected chi connectivity index (χ1v) is 38.2. The minimum absolute atomic E-state index is 0.727. The van der Waals surface area contributed by atoms with Gasteiger partial charge in [0.1, 0.15) is 0 Å². The molecule has 7 heterocycles. The average Bonchev–Trinajstić information content (AvgIpc) is 3.93. The first kappa shape index (κ1) is 82.7. The van der Waals surface area contributed by atoms with Crippen molar-refractivity contribution in [3.63, 3.8) is 0 Å². The van der Waals surface area contributed by atoms with Gasteiger partial charge in [-0.25, -0.2) is 0 Å². The Balaban J connectivity index is 0.000000496. The number of piperidine rings is 4. The maximum Gasteiger partial charge on any atom is 0.0121 e. The molecule has 510 valence electrons. The van der Waals surface area contributed by atoms with Crippen molar-refractivity contribution in [3.05, 3.63) is 0 Å². The van der Waals surface area contributed by atoms with Gasteiger partial charge in [0.15, 0.2) is 0 Å². The van der Waals surface area contributed by atoms with Crippen molar-refractivity contribution in [2.45, 2.75) is 420 Å². The molecule has 7 unspecified atom stereocenters. The molecule has 7 heteroatoms. The predicted molar refractivity (Wildman–Crippen MR) is 385 cm³/mol. The lowest BCUT2D eigenvalue weighted by Crippen LogP contribution is -2.46. The Morgan fingerprint density at radius 1 is 0.153 bits per heavy atom. The van der Waals surface area contributed by atoms with Crippen LogP contribution in [0.15, 0.2) is 0 Å². The molecular formula is C78H163N7. The summed E-state index contributed by atoms with van der Waals surface area (Å²) >= 11 is 0. The molecule has 0 radical (unpaired) electrons. The molecule has 0 aromatic rings. The van der Waals surface area contributed by atoms with Crippen molar-refractivity contribution < 1.29 is 0 Å². The fourth-order valence-corrected chi connectivity index (χ4v) is 16.5. The van der Waals surface area contributed by atoms with E-state index < -0.39 is 0 Å². The van der Waals surface area contributed by atoms with E-state index in [0.717, 1.165) is 126 Å². The highest BCUT2D eigenvalue weighted by Gasteiger charge is 2.32. The largest absolute Gasteiger partial charge is 0.298 e. The Bertz CT molecular complexity index is 1280. The summed E-state index contributed by atoms with van der Waals surface area (Å²) < 4.78 is 0.